The molecular formula is C13H32O4Si2. The first-order valence-electron chi connectivity index (χ1n) is 7.09. The highest BCUT2D eigenvalue weighted by Gasteiger charge is 2.46. The Labute approximate surface area is 120 Å². The minimum Gasteiger partial charge on any atom is -0.393 e. The monoisotopic (exact) mass is 308 g/mol. The topological polar surface area (TPSA) is 58.9 Å². The Hall–Kier alpha value is 0.274. The van der Waals surface area contributed by atoms with Crippen molar-refractivity contribution >= 4 is 16.6 Å². The average Bonchev–Trinajstić information content (AvgIpc) is 2.14. The molecule has 0 aliphatic rings. The van der Waals surface area contributed by atoms with Crippen LogP contribution < -0.4 is 0 Å². The minimum atomic E-state index is -1.87. The lowest BCUT2D eigenvalue weighted by Crippen LogP contribution is -2.52. The summed E-state index contributed by atoms with van der Waals surface area (Å²) in [6.07, 6.45) is -0.747. The van der Waals surface area contributed by atoms with Crippen LogP contribution in [0.3, 0.4) is 0 Å². The number of rotatable bonds is 8. The number of aliphatic hydroxyl groups is 2. The quantitative estimate of drug-likeness (QED) is 0.534. The van der Waals surface area contributed by atoms with Crippen LogP contribution in [0.1, 0.15) is 26.7 Å². The Morgan fingerprint density at radius 2 is 1.05 bits per heavy atom. The smallest absolute Gasteiger partial charge is 0.187 e. The van der Waals surface area contributed by atoms with Crippen LogP contribution in [0.5, 0.6) is 0 Å². The molecule has 6 heteroatoms. The summed E-state index contributed by atoms with van der Waals surface area (Å²) in [6, 6.07) is 0. The summed E-state index contributed by atoms with van der Waals surface area (Å²) in [5.74, 6) is 0. The summed E-state index contributed by atoms with van der Waals surface area (Å²) < 4.78 is 11.6. The van der Waals surface area contributed by atoms with Crippen molar-refractivity contribution < 1.29 is 19.1 Å². The lowest BCUT2D eigenvalue weighted by atomic mass is 9.81. The van der Waals surface area contributed by atoms with E-state index in [0.29, 0.717) is 12.8 Å². The van der Waals surface area contributed by atoms with E-state index in [1.807, 2.05) is 53.1 Å². The van der Waals surface area contributed by atoms with Crippen molar-refractivity contribution in [3.8, 4) is 0 Å². The van der Waals surface area contributed by atoms with Crippen LogP contribution in [-0.4, -0.2) is 39.4 Å². The summed E-state index contributed by atoms with van der Waals surface area (Å²) in [6.45, 7) is 16.1. The lowest BCUT2D eigenvalue weighted by Gasteiger charge is -2.43. The fourth-order valence-electron chi connectivity index (χ4n) is 1.97. The van der Waals surface area contributed by atoms with Crippen LogP contribution in [0.15, 0.2) is 0 Å². The van der Waals surface area contributed by atoms with E-state index in [9.17, 15) is 10.2 Å². The van der Waals surface area contributed by atoms with E-state index in [4.69, 9.17) is 8.85 Å². The van der Waals surface area contributed by atoms with Gasteiger partial charge in [0.25, 0.3) is 0 Å². The van der Waals surface area contributed by atoms with E-state index >= 15 is 0 Å². The van der Waals surface area contributed by atoms with Crippen molar-refractivity contribution in [1.82, 2.24) is 0 Å². The maximum Gasteiger partial charge on any atom is 0.187 e. The van der Waals surface area contributed by atoms with E-state index in [2.05, 4.69) is 0 Å². The number of hydrogen-bond acceptors (Lipinski definition) is 4. The summed E-state index contributed by atoms with van der Waals surface area (Å²) in [5, 5.41) is 20.9. The molecule has 19 heavy (non-hydrogen) atoms. The third-order valence-corrected chi connectivity index (χ3v) is 5.09. The summed E-state index contributed by atoms with van der Waals surface area (Å²) in [4.78, 5) is 0. The van der Waals surface area contributed by atoms with Crippen molar-refractivity contribution in [3.63, 3.8) is 0 Å². The molecule has 0 saturated heterocycles. The van der Waals surface area contributed by atoms with Crippen molar-refractivity contribution in [2.45, 2.75) is 78.6 Å². The fraction of sp³-hybridized carbons (Fsp3) is 1.00. The lowest BCUT2D eigenvalue weighted by molar-refractivity contribution is -0.224. The van der Waals surface area contributed by atoms with Gasteiger partial charge in [0.2, 0.25) is 0 Å². The standard InChI is InChI=1S/C13H32O4Si2/c1-9-13(10-2,11(14)16-18(3,4)5)12(15)17-19(6,7)8/h11-12,14-15H,9-10H2,1-8H3. The first-order valence-corrected chi connectivity index (χ1v) is 13.9. The van der Waals surface area contributed by atoms with Crippen LogP contribution in [-0.2, 0) is 8.85 Å². The molecule has 4 nitrogen and oxygen atoms in total. The predicted octanol–water partition coefficient (Wildman–Crippen LogP) is 3.13. The molecule has 0 bridgehead atoms. The molecule has 0 fully saturated rings. The van der Waals surface area contributed by atoms with Crippen LogP contribution in [0.4, 0.5) is 0 Å². The van der Waals surface area contributed by atoms with Gasteiger partial charge in [0.1, 0.15) is 0 Å². The predicted molar refractivity (Wildman–Crippen MR) is 83.9 cm³/mol. The summed E-state index contributed by atoms with van der Waals surface area (Å²) in [7, 11) is -3.74. The average molecular weight is 309 g/mol. The van der Waals surface area contributed by atoms with Crippen LogP contribution >= 0.6 is 0 Å². The van der Waals surface area contributed by atoms with E-state index in [1.165, 1.54) is 0 Å². The Bertz CT molecular complexity index is 243. The molecule has 2 unspecified atom stereocenters. The highest BCUT2D eigenvalue weighted by molar-refractivity contribution is 6.70. The van der Waals surface area contributed by atoms with Crippen molar-refractivity contribution in [2.24, 2.45) is 5.41 Å². The largest absolute Gasteiger partial charge is 0.393 e. The van der Waals surface area contributed by atoms with E-state index < -0.39 is 34.6 Å². The zero-order chi connectivity index (χ0) is 15.5. The molecule has 0 aromatic rings. The second-order valence-electron chi connectivity index (χ2n) is 7.11. The minimum absolute atomic E-state index is 0.612. The highest BCUT2D eigenvalue weighted by atomic mass is 28.4. The van der Waals surface area contributed by atoms with Gasteiger partial charge < -0.3 is 19.1 Å². The van der Waals surface area contributed by atoms with Gasteiger partial charge in [-0.05, 0) is 52.1 Å². The van der Waals surface area contributed by atoms with Gasteiger partial charge in [0.05, 0.1) is 5.41 Å². The van der Waals surface area contributed by atoms with Gasteiger partial charge in [-0.1, -0.05) is 13.8 Å². The number of aliphatic hydroxyl groups excluding tert-OH is 2. The first-order chi connectivity index (χ1) is 8.38. The van der Waals surface area contributed by atoms with Crippen molar-refractivity contribution in [2.75, 3.05) is 0 Å². The normalized spacial score (nSPS) is 17.4. The third kappa shape index (κ3) is 6.05. The zero-order valence-electron chi connectivity index (χ0n) is 13.8. The highest BCUT2D eigenvalue weighted by Crippen LogP contribution is 2.38. The van der Waals surface area contributed by atoms with Gasteiger partial charge in [0.15, 0.2) is 29.2 Å². The molecule has 0 amide bonds. The molecule has 0 aromatic heterocycles. The van der Waals surface area contributed by atoms with Crippen molar-refractivity contribution in [1.29, 1.82) is 0 Å². The summed E-state index contributed by atoms with van der Waals surface area (Å²) >= 11 is 0. The van der Waals surface area contributed by atoms with Crippen LogP contribution in [0, 0.1) is 5.41 Å². The van der Waals surface area contributed by atoms with Gasteiger partial charge in [-0.15, -0.1) is 0 Å². The molecule has 0 spiro atoms. The first kappa shape index (κ1) is 19.3. The Morgan fingerprint density at radius 3 is 1.21 bits per heavy atom. The maximum atomic E-state index is 10.5. The molecule has 0 aliphatic carbocycles. The zero-order valence-corrected chi connectivity index (χ0v) is 15.8. The van der Waals surface area contributed by atoms with Gasteiger partial charge in [-0.25, -0.2) is 0 Å². The van der Waals surface area contributed by atoms with Gasteiger partial charge in [-0.2, -0.15) is 0 Å². The van der Waals surface area contributed by atoms with Crippen LogP contribution in [0.25, 0.3) is 0 Å². The second kappa shape index (κ2) is 6.82. The molecule has 0 radical (unpaired) electrons. The third-order valence-electron chi connectivity index (χ3n) is 3.23. The summed E-state index contributed by atoms with van der Waals surface area (Å²) in [5.41, 5.74) is -0.749. The molecule has 0 heterocycles. The second-order valence-corrected chi connectivity index (χ2v) is 16.0. The maximum absolute atomic E-state index is 10.5. The Morgan fingerprint density at radius 1 is 0.789 bits per heavy atom. The molecule has 2 N–H and O–H groups in total. The van der Waals surface area contributed by atoms with E-state index in [0.717, 1.165) is 0 Å². The molecule has 0 aliphatic heterocycles. The fourth-order valence-corrected chi connectivity index (χ4v) is 3.78. The Balaban J connectivity index is 5.12. The van der Waals surface area contributed by atoms with Gasteiger partial charge in [0, 0.05) is 0 Å². The van der Waals surface area contributed by atoms with E-state index in [-0.39, 0.29) is 0 Å². The van der Waals surface area contributed by atoms with E-state index in [1.54, 1.807) is 0 Å². The molecule has 0 saturated carbocycles. The van der Waals surface area contributed by atoms with Crippen LogP contribution in [0.2, 0.25) is 39.3 Å². The molecule has 2 atom stereocenters. The van der Waals surface area contributed by atoms with Crippen molar-refractivity contribution in [3.05, 3.63) is 0 Å². The molecule has 0 aromatic carbocycles. The molecular weight excluding hydrogens is 276 g/mol. The molecule has 0 rings (SSSR count). The number of hydrogen-bond donors (Lipinski definition) is 2. The SMILES string of the molecule is CCC(CC)(C(O)O[Si](C)(C)C)C(O)O[Si](C)(C)C. The molecule has 116 valence electrons. The van der Waals surface area contributed by atoms with Gasteiger partial charge >= 0.3 is 0 Å². The Kier molecular flexibility index (Phi) is 6.92. The van der Waals surface area contributed by atoms with Gasteiger partial charge in [-0.3, -0.25) is 0 Å².